The summed E-state index contributed by atoms with van der Waals surface area (Å²) in [5, 5.41) is 14.6. The number of aromatic nitrogens is 2. The quantitative estimate of drug-likeness (QED) is 0.385. The average molecular weight is 480 g/mol. The first-order chi connectivity index (χ1) is 16.8. The minimum atomic E-state index is -0.980. The van der Waals surface area contributed by atoms with Crippen molar-refractivity contribution in [3.63, 3.8) is 0 Å². The number of nitrogens with zero attached hydrogens (tertiary/aromatic N) is 3. The summed E-state index contributed by atoms with van der Waals surface area (Å²) in [6.07, 6.45) is 2.37. The molecule has 10 heteroatoms. The first-order valence-electron chi connectivity index (χ1n) is 11.1. The van der Waals surface area contributed by atoms with Crippen molar-refractivity contribution < 1.29 is 23.8 Å². The van der Waals surface area contributed by atoms with Crippen molar-refractivity contribution in [3.05, 3.63) is 77.1 Å². The number of hydrogen-bond donors (Lipinski definition) is 3. The highest BCUT2D eigenvalue weighted by Crippen LogP contribution is 2.33. The van der Waals surface area contributed by atoms with Gasteiger partial charge in [0.15, 0.2) is 0 Å². The van der Waals surface area contributed by atoms with Gasteiger partial charge in [0.25, 0.3) is 0 Å². The van der Waals surface area contributed by atoms with Crippen LogP contribution in [0.1, 0.15) is 35.0 Å². The van der Waals surface area contributed by atoms with E-state index in [4.69, 9.17) is 14.8 Å². The summed E-state index contributed by atoms with van der Waals surface area (Å²) in [5.74, 6) is -1.30. The number of ether oxygens (including phenoxy) is 1. The number of halogens is 1. The number of anilines is 1. The number of amides is 1. The van der Waals surface area contributed by atoms with Crippen LogP contribution in [0.25, 0.3) is 0 Å². The highest BCUT2D eigenvalue weighted by molar-refractivity contribution is 6.05. The van der Waals surface area contributed by atoms with Crippen LogP contribution in [0.2, 0.25) is 0 Å². The average Bonchev–Trinajstić information content (AvgIpc) is 3.39. The van der Waals surface area contributed by atoms with E-state index in [2.05, 4.69) is 15.6 Å². The number of carboxylic acid groups (broad SMARTS) is 1. The Kier molecular flexibility index (Phi) is 7.09. The molecule has 0 saturated heterocycles. The molecule has 182 valence electrons. The Morgan fingerprint density at radius 1 is 1.23 bits per heavy atom. The van der Waals surface area contributed by atoms with E-state index in [0.29, 0.717) is 41.4 Å². The molecule has 1 atom stereocenters. The van der Waals surface area contributed by atoms with Crippen molar-refractivity contribution in [2.45, 2.75) is 25.4 Å². The summed E-state index contributed by atoms with van der Waals surface area (Å²) in [6.45, 7) is 0.151. The standard InChI is InChI=1S/C25H26FN5O4/c1-31-9-3-4-16(31)13-28-23(32)12-20-25-17(6-8-22(26)30-25)19(29-20)10-15-5-7-18(21(11-15)35-2)27-14-24(33)34/h3-9,11,20,27H,10,12-14H2,1-2H3,(H,28,32)(H,33,34). The Morgan fingerprint density at radius 3 is 2.77 bits per heavy atom. The minimum Gasteiger partial charge on any atom is -0.495 e. The number of benzene rings is 1. The van der Waals surface area contributed by atoms with Crippen molar-refractivity contribution in [2.75, 3.05) is 19.0 Å². The van der Waals surface area contributed by atoms with Crippen LogP contribution in [0.5, 0.6) is 5.75 Å². The Labute approximate surface area is 201 Å². The molecule has 0 saturated carbocycles. The van der Waals surface area contributed by atoms with Crippen LogP contribution in [-0.2, 0) is 29.6 Å². The molecule has 0 aliphatic carbocycles. The van der Waals surface area contributed by atoms with Gasteiger partial charge in [-0.25, -0.2) is 4.98 Å². The van der Waals surface area contributed by atoms with Gasteiger partial charge in [0.2, 0.25) is 11.9 Å². The predicted octanol–water partition coefficient (Wildman–Crippen LogP) is 2.86. The van der Waals surface area contributed by atoms with Crippen molar-refractivity contribution in [1.82, 2.24) is 14.9 Å². The Bertz CT molecular complexity index is 1290. The third kappa shape index (κ3) is 5.65. The van der Waals surface area contributed by atoms with Gasteiger partial charge in [0.05, 0.1) is 31.5 Å². The van der Waals surface area contributed by atoms with E-state index in [9.17, 15) is 14.0 Å². The monoisotopic (exact) mass is 479 g/mol. The van der Waals surface area contributed by atoms with Crippen molar-refractivity contribution >= 4 is 23.3 Å². The lowest BCUT2D eigenvalue weighted by Gasteiger charge is -2.12. The maximum Gasteiger partial charge on any atom is 0.322 e. The molecular formula is C25H26FN5O4. The van der Waals surface area contributed by atoms with Gasteiger partial charge in [-0.15, -0.1) is 0 Å². The molecular weight excluding hydrogens is 453 g/mol. The van der Waals surface area contributed by atoms with Gasteiger partial charge in [-0.3, -0.25) is 14.6 Å². The molecule has 0 fully saturated rings. The van der Waals surface area contributed by atoms with E-state index < -0.39 is 18.0 Å². The van der Waals surface area contributed by atoms with Gasteiger partial charge in [0.1, 0.15) is 18.3 Å². The van der Waals surface area contributed by atoms with Gasteiger partial charge >= 0.3 is 5.97 Å². The first kappa shape index (κ1) is 23.9. The fourth-order valence-corrected chi connectivity index (χ4v) is 4.02. The molecule has 3 N–H and O–H groups in total. The number of carbonyl (C=O) groups is 2. The highest BCUT2D eigenvalue weighted by Gasteiger charge is 2.29. The van der Waals surface area contributed by atoms with Crippen LogP contribution >= 0.6 is 0 Å². The van der Waals surface area contributed by atoms with E-state index in [-0.39, 0.29) is 18.9 Å². The molecule has 1 aromatic carbocycles. The molecule has 9 nitrogen and oxygen atoms in total. The molecule has 3 aromatic rings. The topological polar surface area (TPSA) is 118 Å². The van der Waals surface area contributed by atoms with E-state index >= 15 is 0 Å². The summed E-state index contributed by atoms with van der Waals surface area (Å²) in [4.78, 5) is 32.2. The zero-order chi connectivity index (χ0) is 24.9. The summed E-state index contributed by atoms with van der Waals surface area (Å²) in [7, 11) is 3.41. The minimum absolute atomic E-state index is 0.0543. The second-order valence-electron chi connectivity index (χ2n) is 8.21. The summed E-state index contributed by atoms with van der Waals surface area (Å²) in [5.41, 5.74) is 4.24. The number of nitrogens with one attached hydrogen (secondary N) is 2. The van der Waals surface area contributed by atoms with E-state index in [1.54, 1.807) is 18.2 Å². The van der Waals surface area contributed by atoms with Crippen LogP contribution in [0.4, 0.5) is 10.1 Å². The molecule has 1 aliphatic heterocycles. The van der Waals surface area contributed by atoms with E-state index in [1.165, 1.54) is 13.2 Å². The van der Waals surface area contributed by atoms with Crippen molar-refractivity contribution in [1.29, 1.82) is 0 Å². The molecule has 1 amide bonds. The SMILES string of the molecule is COc1cc(CC2=NC(CC(=O)NCc3cccn3C)c3nc(F)ccc32)ccc1NCC(=O)O. The normalized spacial score (nSPS) is 14.3. The highest BCUT2D eigenvalue weighted by atomic mass is 19.1. The van der Waals surface area contributed by atoms with Crippen LogP contribution in [-0.4, -0.2) is 45.9 Å². The lowest BCUT2D eigenvalue weighted by molar-refractivity contribution is -0.135. The molecule has 35 heavy (non-hydrogen) atoms. The fraction of sp³-hybridized carbons (Fsp3) is 0.280. The number of pyridine rings is 1. The number of carboxylic acids is 1. The maximum absolute atomic E-state index is 13.9. The summed E-state index contributed by atoms with van der Waals surface area (Å²) < 4.78 is 21.3. The van der Waals surface area contributed by atoms with Gasteiger partial charge < -0.3 is 25.0 Å². The van der Waals surface area contributed by atoms with Crippen LogP contribution in [0, 0.1) is 5.95 Å². The molecule has 4 rings (SSSR count). The molecule has 0 bridgehead atoms. The van der Waals surface area contributed by atoms with Gasteiger partial charge in [0, 0.05) is 36.6 Å². The largest absolute Gasteiger partial charge is 0.495 e. The van der Waals surface area contributed by atoms with Crippen LogP contribution in [0.3, 0.4) is 0 Å². The number of methoxy groups -OCH3 is 1. The Hall–Kier alpha value is -4.21. The van der Waals surface area contributed by atoms with Crippen molar-refractivity contribution in [2.24, 2.45) is 12.0 Å². The second-order valence-corrected chi connectivity index (χ2v) is 8.21. The lowest BCUT2D eigenvalue weighted by Crippen LogP contribution is -2.25. The number of hydrogen-bond acceptors (Lipinski definition) is 6. The third-order valence-electron chi connectivity index (χ3n) is 5.79. The molecule has 1 unspecified atom stereocenters. The second kappa shape index (κ2) is 10.4. The van der Waals surface area contributed by atoms with Crippen LogP contribution in [0.15, 0.2) is 53.7 Å². The lowest BCUT2D eigenvalue weighted by atomic mass is 10.0. The summed E-state index contributed by atoms with van der Waals surface area (Å²) >= 11 is 0. The van der Waals surface area contributed by atoms with Crippen LogP contribution < -0.4 is 15.4 Å². The van der Waals surface area contributed by atoms with Crippen molar-refractivity contribution in [3.8, 4) is 5.75 Å². The molecule has 0 spiro atoms. The fourth-order valence-electron chi connectivity index (χ4n) is 4.02. The molecule has 0 radical (unpaired) electrons. The Balaban J connectivity index is 1.50. The van der Waals surface area contributed by atoms with E-state index in [0.717, 1.165) is 11.3 Å². The number of aryl methyl sites for hydroxylation is 1. The first-order valence-corrected chi connectivity index (χ1v) is 11.1. The Morgan fingerprint density at radius 2 is 2.06 bits per heavy atom. The molecule has 2 aromatic heterocycles. The van der Waals surface area contributed by atoms with Gasteiger partial charge in [-0.1, -0.05) is 6.07 Å². The zero-order valence-corrected chi connectivity index (χ0v) is 19.4. The number of fused-ring (bicyclic) bond motifs is 1. The number of rotatable bonds is 10. The predicted molar refractivity (Wildman–Crippen MR) is 128 cm³/mol. The molecule has 3 heterocycles. The summed E-state index contributed by atoms with van der Waals surface area (Å²) in [6, 6.07) is 11.5. The van der Waals surface area contributed by atoms with Gasteiger partial charge in [-0.2, -0.15) is 4.39 Å². The third-order valence-corrected chi connectivity index (χ3v) is 5.79. The zero-order valence-electron chi connectivity index (χ0n) is 19.4. The van der Waals surface area contributed by atoms with Gasteiger partial charge in [-0.05, 0) is 42.0 Å². The number of aliphatic carboxylic acids is 1. The smallest absolute Gasteiger partial charge is 0.322 e. The number of aliphatic imine (C=N–C) groups is 1. The van der Waals surface area contributed by atoms with E-state index in [1.807, 2.05) is 36.0 Å². The maximum atomic E-state index is 13.9. The molecule has 1 aliphatic rings. The number of carbonyl (C=O) groups excluding carboxylic acids is 1.